The molecule has 0 aromatic carbocycles. The second-order valence-electron chi connectivity index (χ2n) is 8.02. The molecule has 0 bridgehead atoms. The maximum atomic E-state index is 13.0. The normalized spacial score (nSPS) is 23.6. The topological polar surface area (TPSA) is 78.6 Å². The molecule has 2 saturated heterocycles. The van der Waals surface area contributed by atoms with Crippen LogP contribution in [-0.2, 0) is 16.6 Å². The van der Waals surface area contributed by atoms with Gasteiger partial charge in [-0.25, -0.2) is 0 Å². The van der Waals surface area contributed by atoms with E-state index < -0.39 is 0 Å². The average Bonchev–Trinajstić information content (AvgIpc) is 2.93. The lowest BCUT2D eigenvalue weighted by molar-refractivity contribution is -0.123. The first-order valence-corrected chi connectivity index (χ1v) is 11.1. The smallest absolute Gasteiger partial charge is 0.270 e. The van der Waals surface area contributed by atoms with Crippen molar-refractivity contribution in [1.29, 1.82) is 5.26 Å². The van der Waals surface area contributed by atoms with Crippen LogP contribution in [0.3, 0.4) is 0 Å². The van der Waals surface area contributed by atoms with Gasteiger partial charge in [0, 0.05) is 31.7 Å². The highest BCUT2D eigenvalue weighted by Crippen LogP contribution is 2.37. The highest BCUT2D eigenvalue weighted by Gasteiger charge is 2.35. The number of anilines is 1. The van der Waals surface area contributed by atoms with Crippen LogP contribution in [0.25, 0.3) is 6.08 Å². The van der Waals surface area contributed by atoms with Crippen LogP contribution in [0.5, 0.6) is 0 Å². The van der Waals surface area contributed by atoms with Gasteiger partial charge in [0.25, 0.3) is 11.5 Å². The second kappa shape index (κ2) is 8.53. The van der Waals surface area contributed by atoms with Gasteiger partial charge in [-0.05, 0) is 46.3 Å². The van der Waals surface area contributed by atoms with Gasteiger partial charge in [0.05, 0.1) is 17.1 Å². The van der Waals surface area contributed by atoms with E-state index in [1.54, 1.807) is 24.9 Å². The van der Waals surface area contributed by atoms with Gasteiger partial charge in [-0.1, -0.05) is 24.0 Å². The van der Waals surface area contributed by atoms with Crippen LogP contribution >= 0.6 is 24.0 Å². The zero-order valence-electron chi connectivity index (χ0n) is 18.1. The Kier molecular flexibility index (Phi) is 6.41. The number of amides is 1. The van der Waals surface area contributed by atoms with Crippen LogP contribution in [0.4, 0.5) is 5.82 Å². The fraction of sp³-hybridized carbons (Fsp3) is 0.524. The average molecular weight is 447 g/mol. The number of pyridine rings is 1. The van der Waals surface area contributed by atoms with Crippen molar-refractivity contribution >= 4 is 46.1 Å². The number of aromatic nitrogens is 1. The molecule has 2 aliphatic heterocycles. The number of ether oxygens (including phenoxy) is 1. The number of thiocarbonyl (C=S) groups is 1. The molecule has 2 atom stereocenters. The lowest BCUT2D eigenvalue weighted by Gasteiger charge is -2.38. The summed E-state index contributed by atoms with van der Waals surface area (Å²) in [5, 5.41) is 9.58. The summed E-state index contributed by atoms with van der Waals surface area (Å²) in [6.07, 6.45) is 1.76. The molecule has 0 N–H and O–H groups in total. The Morgan fingerprint density at radius 3 is 2.37 bits per heavy atom. The number of carbonyl (C=O) groups excluding carboxylic acids is 1. The number of rotatable bonds is 3. The van der Waals surface area contributed by atoms with Crippen molar-refractivity contribution in [3.63, 3.8) is 0 Å². The van der Waals surface area contributed by atoms with Crippen LogP contribution < -0.4 is 10.5 Å². The second-order valence-corrected chi connectivity index (χ2v) is 9.70. The fourth-order valence-electron chi connectivity index (χ4n) is 4.00. The molecule has 1 aromatic heterocycles. The molecular weight excluding hydrogens is 420 g/mol. The quantitative estimate of drug-likeness (QED) is 0.522. The molecule has 2 aliphatic rings. The summed E-state index contributed by atoms with van der Waals surface area (Å²) in [7, 11) is 1.67. The number of carbonyl (C=O) groups is 1. The molecule has 2 unspecified atom stereocenters. The first-order chi connectivity index (χ1) is 14.1. The van der Waals surface area contributed by atoms with Crippen molar-refractivity contribution in [1.82, 2.24) is 9.47 Å². The number of morpholine rings is 1. The predicted octanol–water partition coefficient (Wildman–Crippen LogP) is 2.79. The standard InChI is InChI=1S/C21H26N4O3S2/c1-11(2)25-20(27)17(30-21(25)29)7-15-14(5)16(8-22)19(26)23(6)18(15)24-9-12(3)28-13(4)10-24/h7,11-13H,9-10H2,1-6H3. The third-order valence-electron chi connectivity index (χ3n) is 5.30. The van der Waals surface area contributed by atoms with Crippen LogP contribution in [0.2, 0.25) is 0 Å². The van der Waals surface area contributed by atoms with Crippen LogP contribution in [0.1, 0.15) is 44.4 Å². The summed E-state index contributed by atoms with van der Waals surface area (Å²) in [6, 6.07) is 1.99. The Hall–Kier alpha value is -2.15. The molecule has 3 rings (SSSR count). The third-order valence-corrected chi connectivity index (χ3v) is 6.63. The summed E-state index contributed by atoms with van der Waals surface area (Å²) in [6.45, 7) is 10.8. The Labute approximate surface area is 186 Å². The van der Waals surface area contributed by atoms with Crippen molar-refractivity contribution in [2.45, 2.75) is 52.9 Å². The zero-order chi connectivity index (χ0) is 22.3. The minimum atomic E-state index is -0.344. The molecule has 0 radical (unpaired) electrons. The molecular formula is C21H26N4O3S2. The van der Waals surface area contributed by atoms with Gasteiger partial charge >= 0.3 is 0 Å². The minimum Gasteiger partial charge on any atom is -0.372 e. The van der Waals surface area contributed by atoms with Crippen molar-refractivity contribution in [3.8, 4) is 6.07 Å². The number of nitriles is 1. The van der Waals surface area contributed by atoms with Crippen molar-refractivity contribution in [2.75, 3.05) is 18.0 Å². The maximum absolute atomic E-state index is 13.0. The van der Waals surface area contributed by atoms with E-state index in [1.807, 2.05) is 33.8 Å². The molecule has 0 spiro atoms. The van der Waals surface area contributed by atoms with E-state index in [0.717, 1.165) is 0 Å². The van der Waals surface area contributed by atoms with Gasteiger partial charge < -0.3 is 9.64 Å². The minimum absolute atomic E-state index is 0.00759. The molecule has 0 saturated carbocycles. The van der Waals surface area contributed by atoms with Crippen LogP contribution in [-0.4, -0.2) is 51.0 Å². The van der Waals surface area contributed by atoms with E-state index in [-0.39, 0.29) is 35.3 Å². The van der Waals surface area contributed by atoms with E-state index in [9.17, 15) is 14.9 Å². The molecule has 3 heterocycles. The zero-order valence-corrected chi connectivity index (χ0v) is 19.7. The molecule has 7 nitrogen and oxygen atoms in total. The first kappa shape index (κ1) is 22.5. The Morgan fingerprint density at radius 2 is 1.87 bits per heavy atom. The molecule has 30 heavy (non-hydrogen) atoms. The number of hydrogen-bond donors (Lipinski definition) is 0. The molecule has 9 heteroatoms. The Balaban J connectivity index is 2.22. The highest BCUT2D eigenvalue weighted by atomic mass is 32.2. The summed E-state index contributed by atoms with van der Waals surface area (Å²) < 4.78 is 7.87. The lowest BCUT2D eigenvalue weighted by atomic mass is 10.0. The van der Waals surface area contributed by atoms with E-state index >= 15 is 0 Å². The van der Waals surface area contributed by atoms with Gasteiger partial charge in [0.2, 0.25) is 0 Å². The van der Waals surface area contributed by atoms with Crippen LogP contribution in [0, 0.1) is 18.3 Å². The maximum Gasteiger partial charge on any atom is 0.270 e. The van der Waals surface area contributed by atoms with Gasteiger partial charge in [-0.15, -0.1) is 0 Å². The van der Waals surface area contributed by atoms with Crippen molar-refractivity contribution in [2.24, 2.45) is 7.05 Å². The monoisotopic (exact) mass is 446 g/mol. The third kappa shape index (κ3) is 3.92. The summed E-state index contributed by atoms with van der Waals surface area (Å²) >= 11 is 6.65. The van der Waals surface area contributed by atoms with Crippen LogP contribution in [0.15, 0.2) is 9.70 Å². The summed E-state index contributed by atoms with van der Waals surface area (Å²) in [5.74, 6) is 0.537. The lowest BCUT2D eigenvalue weighted by Crippen LogP contribution is -2.47. The number of hydrogen-bond acceptors (Lipinski definition) is 7. The summed E-state index contributed by atoms with van der Waals surface area (Å²) in [4.78, 5) is 30.0. The highest BCUT2D eigenvalue weighted by molar-refractivity contribution is 8.26. The van der Waals surface area contributed by atoms with Gasteiger partial charge in [0.15, 0.2) is 0 Å². The predicted molar refractivity (Wildman–Crippen MR) is 124 cm³/mol. The molecule has 1 aromatic rings. The first-order valence-electron chi connectivity index (χ1n) is 9.87. The number of nitrogens with zero attached hydrogens (tertiary/aromatic N) is 4. The van der Waals surface area contributed by atoms with Gasteiger partial charge in [0.1, 0.15) is 21.8 Å². The Bertz CT molecular complexity index is 1030. The van der Waals surface area contributed by atoms with Gasteiger partial charge in [-0.3, -0.25) is 19.1 Å². The van der Waals surface area contributed by atoms with E-state index in [4.69, 9.17) is 17.0 Å². The summed E-state index contributed by atoms with van der Waals surface area (Å²) in [5.41, 5.74) is 1.00. The van der Waals surface area contributed by atoms with Crippen molar-refractivity contribution < 1.29 is 9.53 Å². The van der Waals surface area contributed by atoms with Crippen molar-refractivity contribution in [3.05, 3.63) is 31.9 Å². The van der Waals surface area contributed by atoms with E-state index in [2.05, 4.69) is 4.90 Å². The number of thioether (sulfide) groups is 1. The molecule has 160 valence electrons. The molecule has 0 aliphatic carbocycles. The van der Waals surface area contributed by atoms with Gasteiger partial charge in [-0.2, -0.15) is 5.26 Å². The largest absolute Gasteiger partial charge is 0.372 e. The Morgan fingerprint density at radius 1 is 1.27 bits per heavy atom. The van der Waals surface area contributed by atoms with E-state index in [0.29, 0.717) is 39.3 Å². The van der Waals surface area contributed by atoms with E-state index in [1.165, 1.54) is 16.3 Å². The molecule has 1 amide bonds. The fourth-order valence-corrected chi connectivity index (χ4v) is 5.51. The SMILES string of the molecule is Cc1c(C=C2SC(=S)N(C(C)C)C2=O)c(N2CC(C)OC(C)C2)n(C)c(=O)c1C#N. The molecule has 2 fully saturated rings.